The average molecular weight is 281 g/mol. The molecule has 2 nitrogen and oxygen atoms in total. The molecule has 1 aromatic rings. The highest BCUT2D eigenvalue weighted by atomic mass is 35.5. The van der Waals surface area contributed by atoms with Gasteiger partial charge in [-0.1, -0.05) is 49.9 Å². The third-order valence-corrected chi connectivity index (χ3v) is 4.45. The monoisotopic (exact) mass is 280 g/mol. The normalized spacial score (nSPS) is 18.2. The van der Waals surface area contributed by atoms with Crippen LogP contribution in [0.1, 0.15) is 68.4 Å². The molecule has 0 radical (unpaired) electrons. The summed E-state index contributed by atoms with van der Waals surface area (Å²) < 4.78 is 0. The molecule has 3 heteroatoms. The summed E-state index contributed by atoms with van der Waals surface area (Å²) in [6.07, 6.45) is 6.52. The molecule has 1 saturated carbocycles. The number of rotatable bonds is 4. The van der Waals surface area contributed by atoms with E-state index in [0.29, 0.717) is 5.92 Å². The van der Waals surface area contributed by atoms with E-state index >= 15 is 0 Å². The van der Waals surface area contributed by atoms with Crippen molar-refractivity contribution in [1.29, 1.82) is 0 Å². The summed E-state index contributed by atoms with van der Waals surface area (Å²) in [5.41, 5.74) is 2.26. The SMILES string of the molecule is CC(CC(=O)O)c1ccc(C2CCCCC2)c(Cl)c1. The van der Waals surface area contributed by atoms with E-state index in [4.69, 9.17) is 16.7 Å². The smallest absolute Gasteiger partial charge is 0.303 e. The maximum Gasteiger partial charge on any atom is 0.303 e. The summed E-state index contributed by atoms with van der Waals surface area (Å²) in [5.74, 6) is -0.166. The van der Waals surface area contributed by atoms with E-state index in [1.54, 1.807) is 0 Å². The van der Waals surface area contributed by atoms with Crippen LogP contribution in [0.2, 0.25) is 5.02 Å². The molecule has 0 saturated heterocycles. The lowest BCUT2D eigenvalue weighted by molar-refractivity contribution is -0.137. The molecule has 1 aliphatic rings. The number of aliphatic carboxylic acids is 1. The zero-order valence-electron chi connectivity index (χ0n) is 11.4. The Balaban J connectivity index is 2.14. The zero-order chi connectivity index (χ0) is 13.8. The van der Waals surface area contributed by atoms with Gasteiger partial charge in [-0.05, 0) is 41.9 Å². The van der Waals surface area contributed by atoms with E-state index in [9.17, 15) is 4.79 Å². The van der Waals surface area contributed by atoms with Gasteiger partial charge in [0.25, 0.3) is 0 Å². The van der Waals surface area contributed by atoms with E-state index in [1.165, 1.54) is 37.7 Å². The molecule has 0 spiro atoms. The van der Waals surface area contributed by atoms with Crippen molar-refractivity contribution < 1.29 is 9.90 Å². The van der Waals surface area contributed by atoms with E-state index in [2.05, 4.69) is 6.07 Å². The van der Waals surface area contributed by atoms with Gasteiger partial charge in [0.2, 0.25) is 0 Å². The number of hydrogen-bond donors (Lipinski definition) is 1. The Labute approximate surface area is 119 Å². The van der Waals surface area contributed by atoms with Gasteiger partial charge in [-0.2, -0.15) is 0 Å². The van der Waals surface area contributed by atoms with Crippen LogP contribution in [-0.4, -0.2) is 11.1 Å². The van der Waals surface area contributed by atoms with Crippen LogP contribution in [0.5, 0.6) is 0 Å². The summed E-state index contributed by atoms with van der Waals surface area (Å²) in [5, 5.41) is 9.65. The van der Waals surface area contributed by atoms with Gasteiger partial charge in [0.1, 0.15) is 0 Å². The van der Waals surface area contributed by atoms with E-state index in [1.807, 2.05) is 19.1 Å². The Bertz CT molecular complexity index is 450. The molecule has 0 bridgehead atoms. The second-order valence-electron chi connectivity index (χ2n) is 5.61. The lowest BCUT2D eigenvalue weighted by atomic mass is 9.83. The Morgan fingerprint density at radius 2 is 2.05 bits per heavy atom. The highest BCUT2D eigenvalue weighted by molar-refractivity contribution is 6.31. The Kier molecular flexibility index (Phi) is 4.87. The lowest BCUT2D eigenvalue weighted by Gasteiger charge is -2.23. The van der Waals surface area contributed by atoms with Gasteiger partial charge in [-0.25, -0.2) is 0 Å². The molecule has 2 rings (SSSR count). The van der Waals surface area contributed by atoms with Crippen molar-refractivity contribution in [2.75, 3.05) is 0 Å². The Hall–Kier alpha value is -1.02. The fraction of sp³-hybridized carbons (Fsp3) is 0.562. The van der Waals surface area contributed by atoms with Crippen LogP contribution in [0.4, 0.5) is 0 Å². The van der Waals surface area contributed by atoms with Crippen LogP contribution in [0, 0.1) is 0 Å². The minimum atomic E-state index is -0.764. The van der Waals surface area contributed by atoms with E-state index < -0.39 is 5.97 Å². The van der Waals surface area contributed by atoms with E-state index in [0.717, 1.165) is 10.6 Å². The maximum absolute atomic E-state index is 10.7. The molecule has 0 amide bonds. The molecule has 1 unspecified atom stereocenters. The molecule has 1 aliphatic carbocycles. The second kappa shape index (κ2) is 6.42. The predicted molar refractivity (Wildman–Crippen MR) is 77.9 cm³/mol. The standard InChI is InChI=1S/C16H21ClO2/c1-11(9-16(18)19)13-7-8-14(15(17)10-13)12-5-3-2-4-6-12/h7-8,10-12H,2-6,9H2,1H3,(H,18,19). The van der Waals surface area contributed by atoms with Crippen molar-refractivity contribution in [2.24, 2.45) is 0 Å². The van der Waals surface area contributed by atoms with Crippen LogP contribution >= 0.6 is 11.6 Å². The van der Waals surface area contributed by atoms with Crippen LogP contribution in [0.15, 0.2) is 18.2 Å². The minimum Gasteiger partial charge on any atom is -0.481 e. The first-order valence-electron chi connectivity index (χ1n) is 7.09. The van der Waals surface area contributed by atoms with Gasteiger partial charge in [0, 0.05) is 5.02 Å². The zero-order valence-corrected chi connectivity index (χ0v) is 12.1. The molecule has 0 aliphatic heterocycles. The van der Waals surface area contributed by atoms with Gasteiger partial charge < -0.3 is 5.11 Å². The summed E-state index contributed by atoms with van der Waals surface area (Å²) >= 11 is 6.40. The highest BCUT2D eigenvalue weighted by Gasteiger charge is 2.19. The van der Waals surface area contributed by atoms with Crippen molar-refractivity contribution >= 4 is 17.6 Å². The lowest BCUT2D eigenvalue weighted by Crippen LogP contribution is -2.07. The summed E-state index contributed by atoms with van der Waals surface area (Å²) in [7, 11) is 0. The molecule has 1 atom stereocenters. The van der Waals surface area contributed by atoms with Crippen molar-refractivity contribution in [2.45, 2.75) is 57.3 Å². The van der Waals surface area contributed by atoms with Gasteiger partial charge in [-0.3, -0.25) is 4.79 Å². The molecule has 0 heterocycles. The van der Waals surface area contributed by atoms with Gasteiger partial charge in [0.05, 0.1) is 6.42 Å². The fourth-order valence-electron chi connectivity index (χ4n) is 2.97. The third-order valence-electron chi connectivity index (χ3n) is 4.12. The van der Waals surface area contributed by atoms with Crippen LogP contribution < -0.4 is 0 Å². The molecule has 1 aromatic carbocycles. The number of carboxylic acid groups (broad SMARTS) is 1. The third kappa shape index (κ3) is 3.73. The topological polar surface area (TPSA) is 37.3 Å². The van der Waals surface area contributed by atoms with E-state index in [-0.39, 0.29) is 12.3 Å². The number of benzene rings is 1. The largest absolute Gasteiger partial charge is 0.481 e. The molecule has 104 valence electrons. The van der Waals surface area contributed by atoms with Crippen LogP contribution in [-0.2, 0) is 4.79 Å². The van der Waals surface area contributed by atoms with Crippen molar-refractivity contribution in [1.82, 2.24) is 0 Å². The number of carbonyl (C=O) groups is 1. The fourth-order valence-corrected chi connectivity index (χ4v) is 3.32. The highest BCUT2D eigenvalue weighted by Crippen LogP contribution is 2.37. The van der Waals surface area contributed by atoms with Crippen molar-refractivity contribution in [3.8, 4) is 0 Å². The first-order valence-corrected chi connectivity index (χ1v) is 7.47. The summed E-state index contributed by atoms with van der Waals surface area (Å²) in [6.45, 7) is 1.93. The van der Waals surface area contributed by atoms with Gasteiger partial charge in [-0.15, -0.1) is 0 Å². The van der Waals surface area contributed by atoms with Gasteiger partial charge >= 0.3 is 5.97 Å². The molecule has 0 aromatic heterocycles. The molecular weight excluding hydrogens is 260 g/mol. The molecule has 19 heavy (non-hydrogen) atoms. The maximum atomic E-state index is 10.7. The summed E-state index contributed by atoms with van der Waals surface area (Å²) in [4.78, 5) is 10.7. The summed E-state index contributed by atoms with van der Waals surface area (Å²) in [6, 6.07) is 6.11. The van der Waals surface area contributed by atoms with Crippen molar-refractivity contribution in [3.63, 3.8) is 0 Å². The molecular formula is C16H21ClO2. The minimum absolute atomic E-state index is 0.00964. The first-order chi connectivity index (χ1) is 9.08. The predicted octanol–water partition coefficient (Wildman–Crippen LogP) is 4.97. The Morgan fingerprint density at radius 3 is 2.63 bits per heavy atom. The molecule has 1 N–H and O–H groups in total. The van der Waals surface area contributed by atoms with Crippen LogP contribution in [0.3, 0.4) is 0 Å². The number of hydrogen-bond acceptors (Lipinski definition) is 1. The number of carboxylic acids is 1. The molecule has 1 fully saturated rings. The average Bonchev–Trinajstić information content (AvgIpc) is 2.38. The van der Waals surface area contributed by atoms with Crippen molar-refractivity contribution in [3.05, 3.63) is 34.3 Å². The number of halogens is 1. The quantitative estimate of drug-likeness (QED) is 0.846. The first kappa shape index (κ1) is 14.4. The van der Waals surface area contributed by atoms with Gasteiger partial charge in [0.15, 0.2) is 0 Å². The second-order valence-corrected chi connectivity index (χ2v) is 6.02. The Morgan fingerprint density at radius 1 is 1.37 bits per heavy atom. The van der Waals surface area contributed by atoms with Crippen LogP contribution in [0.25, 0.3) is 0 Å².